The molecule has 5 rings (SSSR count). The average Bonchev–Trinajstić information content (AvgIpc) is 3.74. The van der Waals surface area contributed by atoms with Gasteiger partial charge in [-0.05, 0) is 57.0 Å². The lowest BCUT2D eigenvalue weighted by atomic mass is 10.0. The van der Waals surface area contributed by atoms with E-state index in [1.165, 1.54) is 18.3 Å². The largest absolute Gasteiger partial charge is 0.477 e. The zero-order valence-electron chi connectivity index (χ0n) is 22.3. The van der Waals surface area contributed by atoms with Gasteiger partial charge in [0.15, 0.2) is 0 Å². The van der Waals surface area contributed by atoms with E-state index in [1.807, 2.05) is 18.9 Å². The van der Waals surface area contributed by atoms with Gasteiger partial charge in [-0.25, -0.2) is 9.37 Å². The Bertz CT molecular complexity index is 1370. The molecule has 11 heteroatoms. The number of nitrogens with zero attached hydrogens (tertiary/aromatic N) is 3. The quantitative estimate of drug-likeness (QED) is 0.454. The predicted octanol–water partition coefficient (Wildman–Crippen LogP) is 5.24. The van der Waals surface area contributed by atoms with Crippen molar-refractivity contribution in [2.24, 2.45) is 5.92 Å². The van der Waals surface area contributed by atoms with E-state index >= 15 is 4.39 Å². The fraction of sp³-hybridized carbons (Fsp3) is 0.379. The molecule has 1 aromatic heterocycles. The lowest BCUT2D eigenvalue weighted by Crippen LogP contribution is -2.50. The highest BCUT2D eigenvalue weighted by Gasteiger charge is 2.40. The third-order valence-corrected chi connectivity index (χ3v) is 7.41. The number of halogens is 4. The molecule has 1 aliphatic carbocycles. The molecule has 212 valence electrons. The number of anilines is 2. The molecule has 3 aliphatic rings. The number of rotatable bonds is 7. The Kier molecular flexibility index (Phi) is 7.59. The van der Waals surface area contributed by atoms with Gasteiger partial charge in [-0.15, -0.1) is 0 Å². The summed E-state index contributed by atoms with van der Waals surface area (Å²) in [6, 6.07) is 6.22. The fourth-order valence-corrected chi connectivity index (χ4v) is 4.67. The standard InChI is InChI=1S/C29H31F4N5O2/c1-17-10-23(29(31,32)33)22(14-34-17)28(39)36-25-11-21(20-6-7-27(35-13-20)40-16-19-4-5-19)24(30)12-26(25)38-9-8-37(3)18(2)15-38/h6-7,10-14,18-19,34H,1,4-5,8-9,15-16H2,2-3H3,(H,36,39)/t18-/m0/s1. The molecule has 0 bridgehead atoms. The third-order valence-electron chi connectivity index (χ3n) is 7.41. The zero-order valence-corrected chi connectivity index (χ0v) is 22.3. The van der Waals surface area contributed by atoms with Crippen LogP contribution in [0.3, 0.4) is 0 Å². The van der Waals surface area contributed by atoms with Gasteiger partial charge < -0.3 is 25.2 Å². The number of likely N-dealkylation sites (N-methyl/N-ethyl adjacent to an activating group) is 1. The molecule has 0 radical (unpaired) electrons. The molecule has 40 heavy (non-hydrogen) atoms. The lowest BCUT2D eigenvalue weighted by Gasteiger charge is -2.39. The van der Waals surface area contributed by atoms with Crippen molar-refractivity contribution >= 4 is 17.3 Å². The van der Waals surface area contributed by atoms with E-state index < -0.39 is 29.0 Å². The highest BCUT2D eigenvalue weighted by molar-refractivity contribution is 6.09. The van der Waals surface area contributed by atoms with E-state index in [9.17, 15) is 18.0 Å². The first-order chi connectivity index (χ1) is 19.0. The Hall–Kier alpha value is -3.86. The summed E-state index contributed by atoms with van der Waals surface area (Å²) in [6.07, 6.45) is 0.746. The van der Waals surface area contributed by atoms with Crippen molar-refractivity contribution in [1.82, 2.24) is 15.2 Å². The summed E-state index contributed by atoms with van der Waals surface area (Å²) < 4.78 is 62.5. The predicted molar refractivity (Wildman–Crippen MR) is 145 cm³/mol. The monoisotopic (exact) mass is 557 g/mol. The molecule has 1 amide bonds. The molecule has 2 fully saturated rings. The summed E-state index contributed by atoms with van der Waals surface area (Å²) in [4.78, 5) is 21.6. The molecule has 0 unspecified atom stereocenters. The molecular weight excluding hydrogens is 526 g/mol. The highest BCUT2D eigenvalue weighted by atomic mass is 19.4. The number of alkyl halides is 3. The minimum atomic E-state index is -4.77. The van der Waals surface area contributed by atoms with Crippen LogP contribution in [0, 0.1) is 11.7 Å². The number of pyridine rings is 1. The highest BCUT2D eigenvalue weighted by Crippen LogP contribution is 2.38. The second-order valence-electron chi connectivity index (χ2n) is 10.5. The molecule has 2 aliphatic heterocycles. The first-order valence-electron chi connectivity index (χ1n) is 13.1. The Morgan fingerprint density at radius 2 is 2.02 bits per heavy atom. The summed E-state index contributed by atoms with van der Waals surface area (Å²) in [5.41, 5.74) is -0.525. The van der Waals surface area contributed by atoms with Gasteiger partial charge in [0, 0.05) is 61.0 Å². The average molecular weight is 558 g/mol. The van der Waals surface area contributed by atoms with E-state index in [-0.39, 0.29) is 23.0 Å². The van der Waals surface area contributed by atoms with Crippen LogP contribution in [0.5, 0.6) is 5.88 Å². The van der Waals surface area contributed by atoms with Gasteiger partial charge in [-0.2, -0.15) is 13.2 Å². The normalized spacial score (nSPS) is 20.0. The molecule has 1 saturated heterocycles. The molecule has 2 aromatic rings. The second-order valence-corrected chi connectivity index (χ2v) is 10.5. The number of ether oxygens (including phenoxy) is 1. The van der Waals surface area contributed by atoms with Crippen LogP contribution in [0.2, 0.25) is 0 Å². The van der Waals surface area contributed by atoms with Crippen LogP contribution < -0.4 is 20.3 Å². The molecule has 1 aromatic carbocycles. The minimum absolute atomic E-state index is 0.0112. The van der Waals surface area contributed by atoms with Crippen LogP contribution in [-0.4, -0.2) is 61.3 Å². The minimum Gasteiger partial charge on any atom is -0.477 e. The molecular formula is C29H31F4N5O2. The SMILES string of the molecule is C=C1C=C(C(F)(F)F)C(C(=O)Nc2cc(-c3ccc(OCC4CC4)nc3)c(F)cc2N2CCN(C)[C@@H](C)C2)=CN1. The summed E-state index contributed by atoms with van der Waals surface area (Å²) in [5.74, 6) is -0.544. The van der Waals surface area contributed by atoms with Crippen LogP contribution in [0.1, 0.15) is 19.8 Å². The third kappa shape index (κ3) is 6.14. The zero-order chi connectivity index (χ0) is 28.6. The number of amides is 1. The second kappa shape index (κ2) is 11.0. The van der Waals surface area contributed by atoms with Crippen molar-refractivity contribution < 1.29 is 27.1 Å². The van der Waals surface area contributed by atoms with Crippen molar-refractivity contribution in [2.45, 2.75) is 32.0 Å². The van der Waals surface area contributed by atoms with Gasteiger partial charge in [0.05, 0.1) is 29.1 Å². The Morgan fingerprint density at radius 1 is 1.25 bits per heavy atom. The number of allylic oxidation sites excluding steroid dienone is 1. The van der Waals surface area contributed by atoms with Crippen molar-refractivity contribution in [1.29, 1.82) is 0 Å². The first kappa shape index (κ1) is 27.7. The van der Waals surface area contributed by atoms with Gasteiger partial charge in [-0.3, -0.25) is 4.79 Å². The molecule has 0 spiro atoms. The molecule has 3 heterocycles. The van der Waals surface area contributed by atoms with E-state index in [4.69, 9.17) is 4.74 Å². The van der Waals surface area contributed by atoms with Crippen molar-refractivity contribution in [2.75, 3.05) is 43.5 Å². The number of carbonyl (C=O) groups excluding carboxylic acids is 1. The first-order valence-corrected chi connectivity index (χ1v) is 13.1. The smallest absolute Gasteiger partial charge is 0.417 e. The summed E-state index contributed by atoms with van der Waals surface area (Å²) in [5, 5.41) is 5.20. The number of hydrogen-bond donors (Lipinski definition) is 2. The topological polar surface area (TPSA) is 69.7 Å². The number of aromatic nitrogens is 1. The van der Waals surface area contributed by atoms with Crippen molar-refractivity contribution in [3.05, 3.63) is 72.0 Å². The maximum Gasteiger partial charge on any atom is 0.417 e. The number of nitrogens with one attached hydrogen (secondary N) is 2. The molecule has 1 saturated carbocycles. The van der Waals surface area contributed by atoms with Crippen LogP contribution in [0.15, 0.2) is 66.2 Å². The molecule has 7 nitrogen and oxygen atoms in total. The van der Waals surface area contributed by atoms with Gasteiger partial charge in [0.1, 0.15) is 5.82 Å². The summed E-state index contributed by atoms with van der Waals surface area (Å²) >= 11 is 0. The Balaban J connectivity index is 1.48. The maximum atomic E-state index is 15.6. The van der Waals surface area contributed by atoms with Crippen LogP contribution in [0.25, 0.3) is 11.1 Å². The van der Waals surface area contributed by atoms with Gasteiger partial charge in [-0.1, -0.05) is 6.58 Å². The summed E-state index contributed by atoms with van der Waals surface area (Å²) in [7, 11) is 1.99. The number of hydrogen-bond acceptors (Lipinski definition) is 6. The van der Waals surface area contributed by atoms with Crippen LogP contribution in [0.4, 0.5) is 28.9 Å². The van der Waals surface area contributed by atoms with E-state index in [0.29, 0.717) is 49.3 Å². The maximum absolute atomic E-state index is 15.6. The number of dihydropyridines is 1. The number of piperazine rings is 1. The summed E-state index contributed by atoms with van der Waals surface area (Å²) in [6.45, 7) is 7.90. The Morgan fingerprint density at radius 3 is 2.67 bits per heavy atom. The molecule has 2 N–H and O–H groups in total. The van der Waals surface area contributed by atoms with Crippen LogP contribution in [-0.2, 0) is 4.79 Å². The number of carbonyl (C=O) groups is 1. The molecule has 1 atom stereocenters. The van der Waals surface area contributed by atoms with Gasteiger partial charge in [0.25, 0.3) is 5.91 Å². The lowest BCUT2D eigenvalue weighted by molar-refractivity contribution is -0.115. The fourth-order valence-electron chi connectivity index (χ4n) is 4.67. The number of benzene rings is 1. The van der Waals surface area contributed by atoms with Crippen molar-refractivity contribution in [3.63, 3.8) is 0 Å². The van der Waals surface area contributed by atoms with E-state index in [2.05, 4.69) is 27.1 Å². The van der Waals surface area contributed by atoms with Crippen molar-refractivity contribution in [3.8, 4) is 17.0 Å². The van der Waals surface area contributed by atoms with Gasteiger partial charge >= 0.3 is 6.18 Å². The Labute approximate surface area is 230 Å². The van der Waals surface area contributed by atoms with Crippen LogP contribution >= 0.6 is 0 Å². The van der Waals surface area contributed by atoms with E-state index in [0.717, 1.165) is 25.1 Å². The van der Waals surface area contributed by atoms with E-state index in [1.54, 1.807) is 12.1 Å². The van der Waals surface area contributed by atoms with Gasteiger partial charge in [0.2, 0.25) is 5.88 Å².